The molecule has 1 saturated carbocycles. The Balaban J connectivity index is 1.71. The number of nitro groups is 1. The third-order valence-electron chi connectivity index (χ3n) is 5.31. The molecule has 0 aliphatic heterocycles. The van der Waals surface area contributed by atoms with Gasteiger partial charge in [-0.2, -0.15) is 0 Å². The lowest BCUT2D eigenvalue weighted by atomic mass is 9.92. The molecule has 164 valence electrons. The Morgan fingerprint density at radius 1 is 1.19 bits per heavy atom. The Kier molecular flexibility index (Phi) is 6.70. The SMILES string of the molecule is CC(C)(CN)CN(Cc1cccc(NC(=O)c2ccc([N+](=O)[O-])cc2)c1)C(=O)C1CC1. The Labute approximate surface area is 181 Å². The minimum absolute atomic E-state index is 0.0700. The number of nitrogens with zero attached hydrogens (tertiary/aromatic N) is 2. The van der Waals surface area contributed by atoms with Gasteiger partial charge in [-0.25, -0.2) is 0 Å². The van der Waals surface area contributed by atoms with Crippen molar-refractivity contribution in [2.45, 2.75) is 33.2 Å². The van der Waals surface area contributed by atoms with Crippen LogP contribution >= 0.6 is 0 Å². The number of nitrogens with one attached hydrogen (secondary N) is 1. The first-order valence-corrected chi connectivity index (χ1v) is 10.3. The molecule has 31 heavy (non-hydrogen) atoms. The maximum atomic E-state index is 12.8. The highest BCUT2D eigenvalue weighted by Crippen LogP contribution is 2.33. The van der Waals surface area contributed by atoms with Crippen LogP contribution in [0.15, 0.2) is 48.5 Å². The van der Waals surface area contributed by atoms with Gasteiger partial charge in [0.15, 0.2) is 0 Å². The first kappa shape index (κ1) is 22.4. The second-order valence-corrected chi connectivity index (χ2v) is 8.80. The molecule has 0 aromatic heterocycles. The molecule has 0 heterocycles. The molecule has 0 radical (unpaired) electrons. The van der Waals surface area contributed by atoms with E-state index in [2.05, 4.69) is 5.32 Å². The highest BCUT2D eigenvalue weighted by Gasteiger charge is 2.35. The first-order chi connectivity index (χ1) is 14.7. The number of hydrogen-bond donors (Lipinski definition) is 2. The van der Waals surface area contributed by atoms with Gasteiger partial charge >= 0.3 is 0 Å². The van der Waals surface area contributed by atoms with E-state index in [9.17, 15) is 19.7 Å². The molecule has 1 fully saturated rings. The van der Waals surface area contributed by atoms with Gasteiger partial charge in [-0.3, -0.25) is 19.7 Å². The first-order valence-electron chi connectivity index (χ1n) is 10.3. The van der Waals surface area contributed by atoms with Gasteiger partial charge in [0.25, 0.3) is 11.6 Å². The number of non-ortho nitro benzene ring substituents is 1. The maximum absolute atomic E-state index is 12.8. The van der Waals surface area contributed by atoms with E-state index in [-0.39, 0.29) is 28.8 Å². The van der Waals surface area contributed by atoms with Crippen LogP contribution in [0, 0.1) is 21.4 Å². The standard InChI is InChI=1S/C23H28N4O4/c1-23(2,14-24)15-26(22(29)18-6-7-18)13-16-4-3-5-19(12-16)25-21(28)17-8-10-20(11-9-17)27(30)31/h3-5,8-12,18H,6-7,13-15,24H2,1-2H3,(H,25,28). The van der Waals surface area contributed by atoms with Crippen LogP contribution in [0.5, 0.6) is 0 Å². The minimum atomic E-state index is -0.508. The molecule has 3 rings (SSSR count). The third kappa shape index (κ3) is 6.11. The molecule has 2 aromatic rings. The van der Waals surface area contributed by atoms with Gasteiger partial charge in [-0.15, -0.1) is 0 Å². The molecule has 0 saturated heterocycles. The fourth-order valence-corrected chi connectivity index (χ4v) is 3.29. The molecule has 0 unspecified atom stereocenters. The van der Waals surface area contributed by atoms with Crippen molar-refractivity contribution in [1.29, 1.82) is 0 Å². The fraction of sp³-hybridized carbons (Fsp3) is 0.391. The van der Waals surface area contributed by atoms with Gasteiger partial charge in [0.1, 0.15) is 0 Å². The van der Waals surface area contributed by atoms with Crippen molar-refractivity contribution in [1.82, 2.24) is 4.90 Å². The molecule has 0 spiro atoms. The van der Waals surface area contributed by atoms with Crippen molar-refractivity contribution in [3.8, 4) is 0 Å². The topological polar surface area (TPSA) is 119 Å². The van der Waals surface area contributed by atoms with Gasteiger partial charge in [0, 0.05) is 42.4 Å². The minimum Gasteiger partial charge on any atom is -0.338 e. The van der Waals surface area contributed by atoms with Crippen LogP contribution in [0.1, 0.15) is 42.6 Å². The zero-order valence-electron chi connectivity index (χ0n) is 17.8. The van der Waals surface area contributed by atoms with Gasteiger partial charge in [-0.05, 0) is 54.6 Å². The molecule has 8 nitrogen and oxygen atoms in total. The zero-order valence-corrected chi connectivity index (χ0v) is 17.8. The van der Waals surface area contributed by atoms with Crippen molar-refractivity contribution in [3.63, 3.8) is 0 Å². The summed E-state index contributed by atoms with van der Waals surface area (Å²) in [7, 11) is 0. The number of amides is 2. The summed E-state index contributed by atoms with van der Waals surface area (Å²) in [6.45, 7) is 5.58. The summed E-state index contributed by atoms with van der Waals surface area (Å²) in [5.41, 5.74) is 7.45. The number of nitro benzene ring substituents is 1. The average molecular weight is 425 g/mol. The van der Waals surface area contributed by atoms with E-state index in [1.165, 1.54) is 24.3 Å². The summed E-state index contributed by atoms with van der Waals surface area (Å²) in [5, 5.41) is 13.6. The summed E-state index contributed by atoms with van der Waals surface area (Å²) < 4.78 is 0. The number of nitrogens with two attached hydrogens (primary N) is 1. The number of rotatable bonds is 9. The van der Waals surface area contributed by atoms with Gasteiger partial charge in [-0.1, -0.05) is 26.0 Å². The molecule has 2 amide bonds. The molecule has 8 heteroatoms. The molecule has 0 atom stereocenters. The zero-order chi connectivity index (χ0) is 22.6. The normalized spacial score (nSPS) is 13.5. The molecular weight excluding hydrogens is 396 g/mol. The maximum Gasteiger partial charge on any atom is 0.269 e. The van der Waals surface area contributed by atoms with Crippen molar-refractivity contribution < 1.29 is 14.5 Å². The summed E-state index contributed by atoms with van der Waals surface area (Å²) in [6.07, 6.45) is 1.87. The van der Waals surface area contributed by atoms with Gasteiger partial charge in [0.2, 0.25) is 5.91 Å². The molecule has 1 aliphatic carbocycles. The Morgan fingerprint density at radius 2 is 1.87 bits per heavy atom. The Bertz CT molecular complexity index is 968. The van der Waals surface area contributed by atoms with Crippen LogP contribution in [-0.4, -0.2) is 34.7 Å². The van der Waals surface area contributed by atoms with E-state index in [4.69, 9.17) is 5.73 Å². The van der Waals surface area contributed by atoms with Crippen LogP contribution in [0.2, 0.25) is 0 Å². The summed E-state index contributed by atoms with van der Waals surface area (Å²) >= 11 is 0. The molecule has 0 bridgehead atoms. The summed E-state index contributed by atoms with van der Waals surface area (Å²) in [4.78, 5) is 37.4. The van der Waals surface area contributed by atoms with Crippen LogP contribution in [0.3, 0.4) is 0 Å². The van der Waals surface area contributed by atoms with E-state index in [1.54, 1.807) is 6.07 Å². The lowest BCUT2D eigenvalue weighted by Gasteiger charge is -2.32. The van der Waals surface area contributed by atoms with Crippen molar-refractivity contribution in [2.24, 2.45) is 17.1 Å². The molecule has 1 aliphatic rings. The summed E-state index contributed by atoms with van der Waals surface area (Å²) in [6, 6.07) is 12.8. The van der Waals surface area contributed by atoms with Crippen molar-refractivity contribution >= 4 is 23.2 Å². The lowest BCUT2D eigenvalue weighted by molar-refractivity contribution is -0.384. The van der Waals surface area contributed by atoms with Crippen molar-refractivity contribution in [3.05, 3.63) is 69.8 Å². The smallest absolute Gasteiger partial charge is 0.269 e. The fourth-order valence-electron chi connectivity index (χ4n) is 3.29. The van der Waals surface area contributed by atoms with E-state index < -0.39 is 4.92 Å². The van der Waals surface area contributed by atoms with Crippen LogP contribution < -0.4 is 11.1 Å². The Morgan fingerprint density at radius 3 is 2.45 bits per heavy atom. The van der Waals surface area contributed by atoms with Gasteiger partial charge < -0.3 is 16.0 Å². The number of anilines is 1. The van der Waals surface area contributed by atoms with Gasteiger partial charge in [0.05, 0.1) is 4.92 Å². The van der Waals surface area contributed by atoms with Crippen LogP contribution in [-0.2, 0) is 11.3 Å². The second kappa shape index (κ2) is 9.26. The van der Waals surface area contributed by atoms with Crippen molar-refractivity contribution in [2.75, 3.05) is 18.4 Å². The lowest BCUT2D eigenvalue weighted by Crippen LogP contribution is -2.42. The Hall–Kier alpha value is -3.26. The monoisotopic (exact) mass is 424 g/mol. The molecular formula is C23H28N4O4. The predicted octanol–water partition coefficient (Wildman–Crippen LogP) is 3.57. The number of carbonyl (C=O) groups excluding carboxylic acids is 2. The number of benzene rings is 2. The number of hydrogen-bond acceptors (Lipinski definition) is 5. The van der Waals surface area contributed by atoms with Crippen LogP contribution in [0.25, 0.3) is 0 Å². The summed E-state index contributed by atoms with van der Waals surface area (Å²) in [5.74, 6) is -0.0948. The van der Waals surface area contributed by atoms with E-state index in [1.807, 2.05) is 36.9 Å². The second-order valence-electron chi connectivity index (χ2n) is 8.80. The quantitative estimate of drug-likeness (QED) is 0.471. The van der Waals surface area contributed by atoms with E-state index >= 15 is 0 Å². The molecule has 2 aromatic carbocycles. The highest BCUT2D eigenvalue weighted by atomic mass is 16.6. The van der Waals surface area contributed by atoms with E-state index in [0.29, 0.717) is 30.9 Å². The predicted molar refractivity (Wildman–Crippen MR) is 118 cm³/mol. The third-order valence-corrected chi connectivity index (χ3v) is 5.31. The van der Waals surface area contributed by atoms with Crippen LogP contribution in [0.4, 0.5) is 11.4 Å². The number of carbonyl (C=O) groups is 2. The average Bonchev–Trinajstić information content (AvgIpc) is 3.58. The largest absolute Gasteiger partial charge is 0.338 e. The van der Waals surface area contributed by atoms with E-state index in [0.717, 1.165) is 18.4 Å². The highest BCUT2D eigenvalue weighted by molar-refractivity contribution is 6.04. The molecule has 3 N–H and O–H groups in total.